The van der Waals surface area contributed by atoms with Gasteiger partial charge in [0, 0.05) is 35.6 Å². The standard InChI is InChI=1S/C40H49FN2/c1-5-22-40(23-10-14-33-11-7-8-12-33,37-20-18-35(19-21-37)36-15-9-13-32(6-2)26-36)43(29-34-16-17-34)28-31(4)42-39-25-30(3)24-38(41)27-39/h2,9,13,15,18-21,24-27,33-34,42H,4-5,7-8,10-12,14,16-17,22-23,28-29H2,1,3H3. The first kappa shape index (κ1) is 31.1. The Morgan fingerprint density at radius 3 is 2.42 bits per heavy atom. The lowest BCUT2D eigenvalue weighted by molar-refractivity contribution is 0.0662. The molecule has 3 aromatic carbocycles. The summed E-state index contributed by atoms with van der Waals surface area (Å²) in [6.45, 7) is 10.5. The van der Waals surface area contributed by atoms with Gasteiger partial charge in [-0.3, -0.25) is 4.90 Å². The summed E-state index contributed by atoms with van der Waals surface area (Å²) in [6.07, 6.45) is 19.8. The van der Waals surface area contributed by atoms with Crippen LogP contribution in [0.25, 0.3) is 11.1 Å². The number of halogens is 1. The zero-order chi connectivity index (χ0) is 30.2. The summed E-state index contributed by atoms with van der Waals surface area (Å²) in [5, 5.41) is 3.46. The third-order valence-corrected chi connectivity index (χ3v) is 9.65. The van der Waals surface area contributed by atoms with Gasteiger partial charge >= 0.3 is 0 Å². The molecule has 1 unspecified atom stereocenters. The van der Waals surface area contributed by atoms with Crippen molar-refractivity contribution in [2.45, 2.75) is 90.0 Å². The van der Waals surface area contributed by atoms with Gasteiger partial charge in [0.25, 0.3) is 0 Å². The molecule has 2 saturated carbocycles. The van der Waals surface area contributed by atoms with Crippen LogP contribution in [0.2, 0.25) is 0 Å². The van der Waals surface area contributed by atoms with Crippen LogP contribution in [0.4, 0.5) is 10.1 Å². The summed E-state index contributed by atoms with van der Waals surface area (Å²) in [4.78, 5) is 2.73. The van der Waals surface area contributed by atoms with Gasteiger partial charge < -0.3 is 5.32 Å². The summed E-state index contributed by atoms with van der Waals surface area (Å²) in [5.74, 6) is 4.18. The molecule has 43 heavy (non-hydrogen) atoms. The zero-order valence-electron chi connectivity index (χ0n) is 26.3. The molecule has 1 atom stereocenters. The summed E-state index contributed by atoms with van der Waals surface area (Å²) in [6, 6.07) is 22.7. The maximum atomic E-state index is 14.2. The molecule has 3 aromatic rings. The van der Waals surface area contributed by atoms with Crippen LogP contribution in [0.3, 0.4) is 0 Å². The lowest BCUT2D eigenvalue weighted by Gasteiger charge is -2.46. The highest BCUT2D eigenvalue weighted by Crippen LogP contribution is 2.44. The largest absolute Gasteiger partial charge is 0.358 e. The number of hydrogen-bond acceptors (Lipinski definition) is 2. The fourth-order valence-corrected chi connectivity index (χ4v) is 7.36. The first-order valence-electron chi connectivity index (χ1n) is 16.5. The van der Waals surface area contributed by atoms with Crippen molar-refractivity contribution in [2.24, 2.45) is 11.8 Å². The second-order valence-electron chi connectivity index (χ2n) is 13.2. The van der Waals surface area contributed by atoms with Crippen molar-refractivity contribution in [3.63, 3.8) is 0 Å². The van der Waals surface area contributed by atoms with E-state index in [1.165, 1.54) is 62.5 Å². The third-order valence-electron chi connectivity index (χ3n) is 9.65. The van der Waals surface area contributed by atoms with Crippen LogP contribution in [0, 0.1) is 36.9 Å². The highest BCUT2D eigenvalue weighted by atomic mass is 19.1. The second-order valence-corrected chi connectivity index (χ2v) is 13.2. The molecule has 2 aliphatic rings. The highest BCUT2D eigenvalue weighted by molar-refractivity contribution is 5.66. The van der Waals surface area contributed by atoms with E-state index < -0.39 is 0 Å². The monoisotopic (exact) mass is 576 g/mol. The average molecular weight is 577 g/mol. The maximum absolute atomic E-state index is 14.2. The van der Waals surface area contributed by atoms with Crippen LogP contribution in [0.1, 0.15) is 94.2 Å². The SMILES string of the molecule is C#Cc1cccc(-c2ccc(C(CCC)(CCCC3CCCC3)N(CC(=C)Nc3cc(C)cc(F)c3)CC3CC3)cc2)c1. The quantitative estimate of drug-likeness (QED) is 0.181. The molecule has 0 bridgehead atoms. The fraction of sp³-hybridized carbons (Fsp3) is 0.450. The second kappa shape index (κ2) is 14.4. The Bertz CT molecular complexity index is 1390. The number of anilines is 1. The molecule has 0 amide bonds. The van der Waals surface area contributed by atoms with E-state index in [4.69, 9.17) is 6.42 Å². The predicted molar refractivity (Wildman–Crippen MR) is 180 cm³/mol. The smallest absolute Gasteiger partial charge is 0.125 e. The molecule has 2 aliphatic carbocycles. The summed E-state index contributed by atoms with van der Waals surface area (Å²) < 4.78 is 14.2. The van der Waals surface area contributed by atoms with Gasteiger partial charge in [0.1, 0.15) is 5.82 Å². The van der Waals surface area contributed by atoms with Crippen molar-refractivity contribution >= 4 is 5.69 Å². The van der Waals surface area contributed by atoms with E-state index in [0.717, 1.165) is 72.3 Å². The van der Waals surface area contributed by atoms with Gasteiger partial charge in [0.2, 0.25) is 0 Å². The molecular weight excluding hydrogens is 527 g/mol. The molecule has 0 radical (unpaired) electrons. The van der Waals surface area contributed by atoms with Crippen molar-refractivity contribution in [1.29, 1.82) is 0 Å². The van der Waals surface area contributed by atoms with E-state index in [-0.39, 0.29) is 11.4 Å². The minimum Gasteiger partial charge on any atom is -0.358 e. The molecule has 2 nitrogen and oxygen atoms in total. The van der Waals surface area contributed by atoms with Crippen LogP contribution in [0.5, 0.6) is 0 Å². The molecule has 2 fully saturated rings. The van der Waals surface area contributed by atoms with E-state index >= 15 is 0 Å². The molecule has 0 aliphatic heterocycles. The zero-order valence-corrected chi connectivity index (χ0v) is 26.3. The van der Waals surface area contributed by atoms with Gasteiger partial charge in [-0.1, -0.05) is 101 Å². The first-order valence-corrected chi connectivity index (χ1v) is 16.5. The van der Waals surface area contributed by atoms with Crippen LogP contribution >= 0.6 is 0 Å². The van der Waals surface area contributed by atoms with E-state index in [0.29, 0.717) is 0 Å². The number of aryl methyl sites for hydroxylation is 1. The molecule has 0 spiro atoms. The van der Waals surface area contributed by atoms with Crippen molar-refractivity contribution in [3.05, 3.63) is 102 Å². The van der Waals surface area contributed by atoms with Crippen molar-refractivity contribution in [2.75, 3.05) is 18.4 Å². The fourth-order valence-electron chi connectivity index (χ4n) is 7.36. The summed E-state index contributed by atoms with van der Waals surface area (Å²) >= 11 is 0. The molecule has 0 aromatic heterocycles. The molecule has 0 heterocycles. The number of nitrogens with zero attached hydrogens (tertiary/aromatic N) is 1. The Hall–Kier alpha value is -3.35. The lowest BCUT2D eigenvalue weighted by atomic mass is 9.78. The van der Waals surface area contributed by atoms with Gasteiger partial charge in [-0.2, -0.15) is 0 Å². The summed E-state index contributed by atoms with van der Waals surface area (Å²) in [7, 11) is 0. The van der Waals surface area contributed by atoms with Crippen LogP contribution in [-0.2, 0) is 5.54 Å². The van der Waals surface area contributed by atoms with Gasteiger partial charge in [0.15, 0.2) is 0 Å². The molecule has 226 valence electrons. The summed E-state index contributed by atoms with van der Waals surface area (Å²) in [5.41, 5.74) is 7.17. The van der Waals surface area contributed by atoms with Crippen LogP contribution in [0.15, 0.2) is 79.0 Å². The average Bonchev–Trinajstić information content (AvgIpc) is 3.66. The van der Waals surface area contributed by atoms with E-state index in [9.17, 15) is 4.39 Å². The van der Waals surface area contributed by atoms with E-state index in [2.05, 4.69) is 66.0 Å². The number of rotatable bonds is 15. The Labute approximate surface area is 259 Å². The Kier molecular flexibility index (Phi) is 10.4. The topological polar surface area (TPSA) is 15.3 Å². The van der Waals surface area contributed by atoms with Crippen molar-refractivity contribution in [3.8, 4) is 23.5 Å². The van der Waals surface area contributed by atoms with Gasteiger partial charge in [-0.05, 0) is 97.0 Å². The van der Waals surface area contributed by atoms with Crippen LogP contribution < -0.4 is 5.32 Å². The van der Waals surface area contributed by atoms with Crippen molar-refractivity contribution in [1.82, 2.24) is 4.90 Å². The third kappa shape index (κ3) is 8.18. The van der Waals surface area contributed by atoms with Crippen LogP contribution in [-0.4, -0.2) is 18.0 Å². The Morgan fingerprint density at radius 2 is 1.74 bits per heavy atom. The maximum Gasteiger partial charge on any atom is 0.125 e. The molecule has 5 rings (SSSR count). The lowest BCUT2D eigenvalue weighted by Crippen LogP contribution is -2.48. The first-order chi connectivity index (χ1) is 20.9. The number of terminal acetylenes is 1. The van der Waals surface area contributed by atoms with E-state index in [1.54, 1.807) is 12.1 Å². The Balaban J connectivity index is 1.46. The van der Waals surface area contributed by atoms with Gasteiger partial charge in [-0.15, -0.1) is 6.42 Å². The van der Waals surface area contributed by atoms with Crippen molar-refractivity contribution < 1.29 is 4.39 Å². The highest BCUT2D eigenvalue weighted by Gasteiger charge is 2.40. The molecule has 3 heteroatoms. The Morgan fingerprint density at radius 1 is 0.977 bits per heavy atom. The molecule has 0 saturated heterocycles. The molecule has 1 N–H and O–H groups in total. The predicted octanol–water partition coefficient (Wildman–Crippen LogP) is 10.5. The minimum atomic E-state index is -0.217. The van der Waals surface area contributed by atoms with Gasteiger partial charge in [-0.25, -0.2) is 4.39 Å². The number of hydrogen-bond donors (Lipinski definition) is 1. The molecular formula is C40H49FN2. The van der Waals surface area contributed by atoms with E-state index in [1.807, 2.05) is 25.1 Å². The minimum absolute atomic E-state index is 0.0857. The number of benzene rings is 3. The van der Waals surface area contributed by atoms with Gasteiger partial charge in [0.05, 0.1) is 0 Å². The normalized spacial score (nSPS) is 16.6. The number of nitrogens with one attached hydrogen (secondary N) is 1.